The number of sulfonamides is 1. The van der Waals surface area contributed by atoms with Gasteiger partial charge in [-0.25, -0.2) is 8.42 Å². The molecule has 1 aromatic heterocycles. The Morgan fingerprint density at radius 2 is 1.97 bits per heavy atom. The van der Waals surface area contributed by atoms with Crippen LogP contribution in [0, 0.1) is 0 Å². The first-order valence-corrected chi connectivity index (χ1v) is 11.4. The molecule has 1 aliphatic heterocycles. The van der Waals surface area contributed by atoms with E-state index in [1.807, 2.05) is 13.2 Å². The lowest BCUT2D eigenvalue weighted by Gasteiger charge is -2.26. The summed E-state index contributed by atoms with van der Waals surface area (Å²) >= 11 is 0. The second-order valence-corrected chi connectivity index (χ2v) is 9.04. The lowest BCUT2D eigenvalue weighted by Crippen LogP contribution is -2.40. The zero-order valence-electron chi connectivity index (χ0n) is 18.0. The minimum absolute atomic E-state index is 0.0208. The molecule has 1 amide bonds. The topological polar surface area (TPSA) is 112 Å². The zero-order valence-corrected chi connectivity index (χ0v) is 18.8. The molecule has 170 valence electrons. The Hall–Kier alpha value is -2.63. The molecular weight excluding hydrogens is 424 g/mol. The number of carbonyl (C=O) groups excluding carboxylic acids is 1. The highest BCUT2D eigenvalue weighted by atomic mass is 32.2. The number of ether oxygens (including phenoxy) is 3. The molecule has 2 aromatic rings. The Balaban J connectivity index is 1.78. The van der Waals surface area contributed by atoms with Crippen LogP contribution in [0.1, 0.15) is 22.3 Å². The van der Waals surface area contributed by atoms with Crippen molar-refractivity contribution < 1.29 is 27.4 Å². The van der Waals surface area contributed by atoms with Gasteiger partial charge in [0.1, 0.15) is 0 Å². The van der Waals surface area contributed by atoms with E-state index < -0.39 is 15.9 Å². The van der Waals surface area contributed by atoms with Crippen LogP contribution in [0.4, 0.5) is 0 Å². The van der Waals surface area contributed by atoms with E-state index in [4.69, 9.17) is 14.2 Å². The van der Waals surface area contributed by atoms with Crippen LogP contribution in [-0.2, 0) is 28.2 Å². The van der Waals surface area contributed by atoms with Crippen LogP contribution < -0.4 is 14.8 Å². The van der Waals surface area contributed by atoms with E-state index in [2.05, 4.69) is 10.4 Å². The van der Waals surface area contributed by atoms with E-state index in [0.717, 1.165) is 12.0 Å². The molecule has 0 bridgehead atoms. The Morgan fingerprint density at radius 3 is 2.58 bits per heavy atom. The van der Waals surface area contributed by atoms with E-state index in [9.17, 15) is 13.2 Å². The fourth-order valence-electron chi connectivity index (χ4n) is 3.38. The number of rotatable bonds is 9. The Kier molecular flexibility index (Phi) is 7.52. The second kappa shape index (κ2) is 10.1. The van der Waals surface area contributed by atoms with E-state index in [0.29, 0.717) is 26.2 Å². The number of aromatic nitrogens is 2. The Labute approximate surface area is 182 Å². The van der Waals surface area contributed by atoms with E-state index in [1.165, 1.54) is 30.7 Å². The average molecular weight is 453 g/mol. The SMILES string of the molecule is COc1cc(S(=O)(=O)N2CCOCC2)cc(C(=O)NCCCc2cnn(C)c2)c1OC. The molecule has 11 heteroatoms. The van der Waals surface area contributed by atoms with Gasteiger partial charge in [-0.05, 0) is 24.5 Å². The number of hydrogen-bond acceptors (Lipinski definition) is 7. The minimum Gasteiger partial charge on any atom is -0.493 e. The first-order chi connectivity index (χ1) is 14.9. The summed E-state index contributed by atoms with van der Waals surface area (Å²) in [5.41, 5.74) is 1.18. The molecule has 1 aromatic carbocycles. The molecule has 10 nitrogen and oxygen atoms in total. The van der Waals surface area contributed by atoms with E-state index in [-0.39, 0.29) is 35.0 Å². The third-order valence-electron chi connectivity index (χ3n) is 4.99. The van der Waals surface area contributed by atoms with Gasteiger partial charge in [0.15, 0.2) is 11.5 Å². The monoisotopic (exact) mass is 452 g/mol. The number of carbonyl (C=O) groups is 1. The summed E-state index contributed by atoms with van der Waals surface area (Å²) in [5, 5.41) is 6.95. The van der Waals surface area contributed by atoms with E-state index >= 15 is 0 Å². The maximum absolute atomic E-state index is 13.1. The minimum atomic E-state index is -3.81. The predicted molar refractivity (Wildman–Crippen MR) is 113 cm³/mol. The maximum Gasteiger partial charge on any atom is 0.255 e. The molecule has 1 fully saturated rings. The van der Waals surface area contributed by atoms with Crippen LogP contribution in [0.3, 0.4) is 0 Å². The number of benzene rings is 1. The summed E-state index contributed by atoms with van der Waals surface area (Å²) in [6.45, 7) is 1.59. The van der Waals surface area contributed by atoms with Gasteiger partial charge in [-0.3, -0.25) is 9.48 Å². The van der Waals surface area contributed by atoms with Crippen LogP contribution in [0.2, 0.25) is 0 Å². The number of aryl methyl sites for hydroxylation is 2. The lowest BCUT2D eigenvalue weighted by molar-refractivity contribution is 0.0730. The summed E-state index contributed by atoms with van der Waals surface area (Å²) in [7, 11) is 0.855. The highest BCUT2D eigenvalue weighted by molar-refractivity contribution is 7.89. The van der Waals surface area contributed by atoms with Crippen LogP contribution in [-0.4, -0.2) is 75.5 Å². The van der Waals surface area contributed by atoms with Crippen molar-refractivity contribution in [1.29, 1.82) is 0 Å². The fourth-order valence-corrected chi connectivity index (χ4v) is 4.83. The number of amides is 1. The van der Waals surface area contributed by atoms with Gasteiger partial charge in [-0.1, -0.05) is 0 Å². The van der Waals surface area contributed by atoms with E-state index in [1.54, 1.807) is 10.9 Å². The summed E-state index contributed by atoms with van der Waals surface area (Å²) in [5.74, 6) is -0.0640. The summed E-state index contributed by atoms with van der Waals surface area (Å²) in [4.78, 5) is 12.9. The van der Waals surface area contributed by atoms with Crippen LogP contribution in [0.15, 0.2) is 29.4 Å². The van der Waals surface area contributed by atoms with Crippen molar-refractivity contribution in [2.75, 3.05) is 47.1 Å². The highest BCUT2D eigenvalue weighted by Gasteiger charge is 2.30. The molecule has 0 unspecified atom stereocenters. The van der Waals surface area contributed by atoms with Gasteiger partial charge in [0.25, 0.3) is 5.91 Å². The van der Waals surface area contributed by atoms with Gasteiger partial charge in [0.05, 0.1) is 44.1 Å². The summed E-state index contributed by atoms with van der Waals surface area (Å²) < 4.78 is 45.1. The standard InChI is InChI=1S/C20H28N4O6S/c1-23-14-15(13-22-23)5-4-6-21-20(25)17-11-16(12-18(28-2)19(17)29-3)31(26,27)24-7-9-30-10-8-24/h11-14H,4-10H2,1-3H3,(H,21,25). The first-order valence-electron chi connectivity index (χ1n) is 9.96. The molecule has 0 spiro atoms. The number of nitrogens with one attached hydrogen (secondary N) is 1. The molecule has 1 aliphatic rings. The van der Waals surface area contributed by atoms with Crippen molar-refractivity contribution in [3.8, 4) is 11.5 Å². The van der Waals surface area contributed by atoms with Gasteiger partial charge in [-0.2, -0.15) is 9.40 Å². The molecule has 1 N–H and O–H groups in total. The fraction of sp³-hybridized carbons (Fsp3) is 0.500. The predicted octanol–water partition coefficient (Wildman–Crippen LogP) is 0.821. The van der Waals surface area contributed by atoms with Gasteiger partial charge >= 0.3 is 0 Å². The normalized spacial score (nSPS) is 14.9. The van der Waals surface area contributed by atoms with Crippen LogP contribution >= 0.6 is 0 Å². The van der Waals surface area contributed by atoms with Crippen LogP contribution in [0.25, 0.3) is 0 Å². The number of hydrogen-bond donors (Lipinski definition) is 1. The van der Waals surface area contributed by atoms with Crippen molar-refractivity contribution in [1.82, 2.24) is 19.4 Å². The Bertz CT molecular complexity index is 1010. The Morgan fingerprint density at radius 1 is 1.23 bits per heavy atom. The summed E-state index contributed by atoms with van der Waals surface area (Å²) in [6.07, 6.45) is 5.19. The van der Waals surface area contributed by atoms with Gasteiger partial charge < -0.3 is 19.5 Å². The third-order valence-corrected chi connectivity index (χ3v) is 6.87. The van der Waals surface area contributed by atoms with Crippen molar-refractivity contribution in [3.05, 3.63) is 35.7 Å². The molecule has 0 radical (unpaired) electrons. The maximum atomic E-state index is 13.1. The van der Waals surface area contributed by atoms with Crippen molar-refractivity contribution in [2.24, 2.45) is 7.05 Å². The lowest BCUT2D eigenvalue weighted by atomic mass is 10.1. The number of methoxy groups -OCH3 is 2. The quantitative estimate of drug-likeness (QED) is 0.561. The van der Waals surface area contributed by atoms with Crippen molar-refractivity contribution >= 4 is 15.9 Å². The zero-order chi connectivity index (χ0) is 22.4. The van der Waals surface area contributed by atoms with Crippen LogP contribution in [0.5, 0.6) is 11.5 Å². The van der Waals surface area contributed by atoms with Gasteiger partial charge in [0.2, 0.25) is 10.0 Å². The molecular formula is C20H28N4O6S. The first kappa shape index (κ1) is 23.0. The largest absolute Gasteiger partial charge is 0.493 e. The molecule has 0 aliphatic carbocycles. The molecule has 0 atom stereocenters. The molecule has 31 heavy (non-hydrogen) atoms. The third kappa shape index (κ3) is 5.35. The molecule has 1 saturated heterocycles. The van der Waals surface area contributed by atoms with Crippen molar-refractivity contribution in [2.45, 2.75) is 17.7 Å². The smallest absolute Gasteiger partial charge is 0.255 e. The van der Waals surface area contributed by atoms with Gasteiger partial charge in [-0.15, -0.1) is 0 Å². The van der Waals surface area contributed by atoms with Crippen molar-refractivity contribution in [3.63, 3.8) is 0 Å². The summed E-state index contributed by atoms with van der Waals surface area (Å²) in [6, 6.07) is 2.71. The second-order valence-electron chi connectivity index (χ2n) is 7.10. The van der Waals surface area contributed by atoms with Gasteiger partial charge in [0, 0.05) is 38.9 Å². The average Bonchev–Trinajstić information content (AvgIpc) is 3.21. The number of morpholine rings is 1. The molecule has 2 heterocycles. The number of nitrogens with zero attached hydrogens (tertiary/aromatic N) is 3. The molecule has 3 rings (SSSR count). The highest BCUT2D eigenvalue weighted by Crippen LogP contribution is 2.35. The molecule has 0 saturated carbocycles.